The molecule has 112 valence electrons. The van der Waals surface area contributed by atoms with Crippen molar-refractivity contribution >= 4 is 16.4 Å². The molecule has 0 radical (unpaired) electrons. The van der Waals surface area contributed by atoms with Crippen molar-refractivity contribution in [1.29, 1.82) is 0 Å². The van der Waals surface area contributed by atoms with E-state index in [0.717, 1.165) is 32.4 Å². The molecule has 0 unspecified atom stereocenters. The van der Waals surface area contributed by atoms with Crippen LogP contribution in [0.15, 0.2) is 0 Å². The molecule has 1 aliphatic rings. The molecular weight excluding hydrogens is 274 g/mol. The van der Waals surface area contributed by atoms with Crippen LogP contribution >= 0.6 is 0 Å². The average Bonchev–Trinajstić information content (AvgIpc) is 2.28. The van der Waals surface area contributed by atoms with Gasteiger partial charge in [0.05, 0.1) is 13.1 Å². The molecule has 0 bridgehead atoms. The van der Waals surface area contributed by atoms with Gasteiger partial charge in [-0.3, -0.25) is 8.98 Å². The Labute approximate surface area is 114 Å². The summed E-state index contributed by atoms with van der Waals surface area (Å²) in [6, 6.07) is 0. The van der Waals surface area contributed by atoms with E-state index in [1.165, 1.54) is 6.92 Å². The fourth-order valence-electron chi connectivity index (χ4n) is 2.46. The van der Waals surface area contributed by atoms with Crippen molar-refractivity contribution in [3.63, 3.8) is 0 Å². The molecule has 0 N–H and O–H groups in total. The monoisotopic (exact) mass is 295 g/mol. The van der Waals surface area contributed by atoms with E-state index in [1.54, 1.807) is 0 Å². The first-order chi connectivity index (χ1) is 8.83. The number of esters is 1. The van der Waals surface area contributed by atoms with E-state index in [1.807, 2.05) is 0 Å². The van der Waals surface area contributed by atoms with Crippen molar-refractivity contribution in [3.8, 4) is 0 Å². The van der Waals surface area contributed by atoms with E-state index in [2.05, 4.69) is 4.18 Å². The molecule has 0 aromatic heterocycles. The first-order valence-electron chi connectivity index (χ1n) is 6.42. The minimum absolute atomic E-state index is 0.119. The second-order valence-electron chi connectivity index (χ2n) is 4.87. The Morgan fingerprint density at radius 3 is 2.26 bits per heavy atom. The van der Waals surface area contributed by atoms with Crippen LogP contribution in [0, 0.1) is 0 Å². The second kappa shape index (κ2) is 7.18. The zero-order chi connectivity index (χ0) is 14.4. The Bertz CT molecular complexity index is 388. The highest BCUT2D eigenvalue weighted by molar-refractivity contribution is 7.80. The van der Waals surface area contributed by atoms with Gasteiger partial charge in [0.15, 0.2) is 0 Å². The lowest BCUT2D eigenvalue weighted by Crippen LogP contribution is -2.55. The zero-order valence-electron chi connectivity index (χ0n) is 11.2. The summed E-state index contributed by atoms with van der Waals surface area (Å²) in [5.74, 6) is -0.325. The summed E-state index contributed by atoms with van der Waals surface area (Å²) in [4.78, 5) is 10.8. The van der Waals surface area contributed by atoms with Gasteiger partial charge in [0.25, 0.3) is 0 Å². The Morgan fingerprint density at radius 2 is 1.74 bits per heavy atom. The van der Waals surface area contributed by atoms with Crippen LogP contribution in [0.5, 0.6) is 0 Å². The first kappa shape index (κ1) is 16.4. The molecule has 1 heterocycles. The lowest BCUT2D eigenvalue weighted by molar-refractivity contribution is -0.932. The molecule has 1 fully saturated rings. The molecule has 8 heteroatoms. The standard InChI is InChI=1S/C11H21NO6S/c1-11(13)17-9-7-12(5-3-2-4-6-12)8-10-18-19(14,15)16/h2-10H2,1H3. The molecule has 0 aliphatic carbocycles. The summed E-state index contributed by atoms with van der Waals surface area (Å²) in [7, 11) is -4.63. The molecule has 1 rings (SSSR count). The molecule has 0 saturated carbocycles. The van der Waals surface area contributed by atoms with Gasteiger partial charge < -0.3 is 13.8 Å². The van der Waals surface area contributed by atoms with Gasteiger partial charge in [-0.1, -0.05) is 0 Å². The SMILES string of the molecule is CC(=O)OCC[N+]1(CCOS(=O)(=O)[O-])CCCCC1. The third-order valence-corrected chi connectivity index (χ3v) is 3.88. The van der Waals surface area contributed by atoms with Crippen LogP contribution < -0.4 is 0 Å². The van der Waals surface area contributed by atoms with E-state index >= 15 is 0 Å². The highest BCUT2D eigenvalue weighted by atomic mass is 32.3. The molecule has 0 atom stereocenters. The molecule has 0 aromatic carbocycles. The second-order valence-corrected chi connectivity index (χ2v) is 5.92. The number of hydrogen-bond acceptors (Lipinski definition) is 6. The number of quaternary nitrogens is 1. The van der Waals surface area contributed by atoms with Crippen LogP contribution in [0.1, 0.15) is 26.2 Å². The average molecular weight is 295 g/mol. The van der Waals surface area contributed by atoms with E-state index in [-0.39, 0.29) is 12.6 Å². The Morgan fingerprint density at radius 1 is 1.16 bits per heavy atom. The highest BCUT2D eigenvalue weighted by Crippen LogP contribution is 2.18. The molecular formula is C11H21NO6S. The van der Waals surface area contributed by atoms with Gasteiger partial charge in [0.2, 0.25) is 10.4 Å². The number of hydrogen-bond donors (Lipinski definition) is 0. The summed E-state index contributed by atoms with van der Waals surface area (Å²) in [6.07, 6.45) is 3.24. The summed E-state index contributed by atoms with van der Waals surface area (Å²) in [6.45, 7) is 4.40. The maximum atomic E-state index is 10.8. The van der Waals surface area contributed by atoms with E-state index < -0.39 is 10.4 Å². The summed E-state index contributed by atoms with van der Waals surface area (Å²) < 4.78 is 41.1. The fourth-order valence-corrected chi connectivity index (χ4v) is 2.74. The molecule has 1 saturated heterocycles. The van der Waals surface area contributed by atoms with Gasteiger partial charge in [-0.15, -0.1) is 0 Å². The van der Waals surface area contributed by atoms with Crippen molar-refractivity contribution in [2.45, 2.75) is 26.2 Å². The normalized spacial score (nSPS) is 19.1. The summed E-state index contributed by atoms with van der Waals surface area (Å²) >= 11 is 0. The maximum Gasteiger partial charge on any atom is 0.302 e. The Kier molecular flexibility index (Phi) is 6.18. The van der Waals surface area contributed by atoms with Crippen LogP contribution in [-0.4, -0.2) is 62.8 Å². The minimum Gasteiger partial charge on any atom is -0.726 e. The third-order valence-electron chi connectivity index (χ3n) is 3.43. The number of piperidine rings is 1. The number of ether oxygens (including phenoxy) is 1. The lowest BCUT2D eigenvalue weighted by Gasteiger charge is -2.41. The van der Waals surface area contributed by atoms with Gasteiger partial charge in [-0.2, -0.15) is 0 Å². The predicted molar refractivity (Wildman–Crippen MR) is 65.9 cm³/mol. The van der Waals surface area contributed by atoms with E-state index in [9.17, 15) is 17.8 Å². The van der Waals surface area contributed by atoms with Crippen LogP contribution in [0.3, 0.4) is 0 Å². The lowest BCUT2D eigenvalue weighted by atomic mass is 10.1. The number of likely N-dealkylation sites (tertiary alicyclic amines) is 1. The first-order valence-corrected chi connectivity index (χ1v) is 7.75. The topological polar surface area (TPSA) is 92.7 Å². The van der Waals surface area contributed by atoms with Gasteiger partial charge in [-0.25, -0.2) is 8.42 Å². The number of carbonyl (C=O) groups is 1. The van der Waals surface area contributed by atoms with Crippen molar-refractivity contribution in [2.75, 3.05) is 39.4 Å². The van der Waals surface area contributed by atoms with Crippen LogP contribution in [0.25, 0.3) is 0 Å². The molecule has 0 aromatic rings. The highest BCUT2D eigenvalue weighted by Gasteiger charge is 2.29. The third kappa shape index (κ3) is 6.86. The van der Waals surface area contributed by atoms with Gasteiger partial charge in [0.1, 0.15) is 26.3 Å². The summed E-state index contributed by atoms with van der Waals surface area (Å²) in [5, 5.41) is 0. The molecule has 1 aliphatic heterocycles. The van der Waals surface area contributed by atoms with Crippen LogP contribution in [0.2, 0.25) is 0 Å². The molecule has 19 heavy (non-hydrogen) atoms. The smallest absolute Gasteiger partial charge is 0.302 e. The van der Waals surface area contributed by atoms with Gasteiger partial charge in [-0.05, 0) is 19.3 Å². The number of carbonyl (C=O) groups excluding carboxylic acids is 1. The Hall–Kier alpha value is -0.700. The fraction of sp³-hybridized carbons (Fsp3) is 0.909. The zero-order valence-corrected chi connectivity index (χ0v) is 12.0. The van der Waals surface area contributed by atoms with Gasteiger partial charge >= 0.3 is 5.97 Å². The Balaban J connectivity index is 2.47. The number of nitrogens with zero attached hydrogens (tertiary/aromatic N) is 1. The van der Waals surface area contributed by atoms with E-state index in [0.29, 0.717) is 24.2 Å². The maximum absolute atomic E-state index is 10.8. The van der Waals surface area contributed by atoms with Crippen LogP contribution in [0.4, 0.5) is 0 Å². The van der Waals surface area contributed by atoms with Crippen molar-refractivity contribution in [1.82, 2.24) is 0 Å². The van der Waals surface area contributed by atoms with Gasteiger partial charge in [0, 0.05) is 6.92 Å². The van der Waals surface area contributed by atoms with Crippen LogP contribution in [-0.2, 0) is 24.1 Å². The summed E-state index contributed by atoms with van der Waals surface area (Å²) in [5.41, 5.74) is 0. The largest absolute Gasteiger partial charge is 0.726 e. The van der Waals surface area contributed by atoms with Crippen molar-refractivity contribution in [3.05, 3.63) is 0 Å². The number of rotatable bonds is 7. The predicted octanol–water partition coefficient (Wildman–Crippen LogP) is 0.0270. The minimum atomic E-state index is -4.63. The van der Waals surface area contributed by atoms with E-state index in [4.69, 9.17) is 4.74 Å². The molecule has 7 nitrogen and oxygen atoms in total. The molecule has 0 spiro atoms. The quantitative estimate of drug-likeness (QED) is 0.285. The molecule has 0 amide bonds. The van der Waals surface area contributed by atoms with Crippen molar-refractivity contribution in [2.24, 2.45) is 0 Å². The van der Waals surface area contributed by atoms with Crippen molar-refractivity contribution < 1.29 is 31.2 Å².